The summed E-state index contributed by atoms with van der Waals surface area (Å²) in [4.78, 5) is 8.07. The molecule has 2 aromatic carbocycles. The quantitative estimate of drug-likeness (QED) is 0.646. The van der Waals surface area contributed by atoms with E-state index in [9.17, 15) is 21.6 Å². The van der Waals surface area contributed by atoms with Crippen LogP contribution in [0.2, 0.25) is 0 Å². The third-order valence-corrected chi connectivity index (χ3v) is 6.64. The zero-order chi connectivity index (χ0) is 20.6. The predicted octanol–water partition coefficient (Wildman–Crippen LogP) is 3.91. The smallest absolute Gasteiger partial charge is 0.236 e. The van der Waals surface area contributed by atoms with Crippen LogP contribution in [0.15, 0.2) is 65.7 Å². The van der Waals surface area contributed by atoms with E-state index in [0.29, 0.717) is 23.5 Å². The van der Waals surface area contributed by atoms with Gasteiger partial charge in [-0.15, -0.1) is 0 Å². The van der Waals surface area contributed by atoms with Gasteiger partial charge >= 0.3 is 6.18 Å². The third kappa shape index (κ3) is 3.75. The average Bonchev–Trinajstić information content (AvgIpc) is 2.73. The van der Waals surface area contributed by atoms with Gasteiger partial charge in [0.05, 0.1) is 16.2 Å². The number of nitrogens with zero attached hydrogens (tertiary/aromatic N) is 3. The van der Waals surface area contributed by atoms with Gasteiger partial charge in [0.2, 0.25) is 10.0 Å². The second-order valence-electron chi connectivity index (χ2n) is 6.61. The molecule has 0 aliphatic carbocycles. The van der Waals surface area contributed by atoms with Crippen LogP contribution in [-0.2, 0) is 29.2 Å². The highest BCUT2D eigenvalue weighted by Gasteiger charge is 2.39. The normalized spacial score (nSPS) is 15.1. The second kappa shape index (κ2) is 7.23. The van der Waals surface area contributed by atoms with Crippen LogP contribution >= 0.6 is 0 Å². The fourth-order valence-corrected chi connectivity index (χ4v) is 4.92. The fourth-order valence-electron chi connectivity index (χ4n) is 3.29. The lowest BCUT2D eigenvalue weighted by atomic mass is 10.1. The summed E-state index contributed by atoms with van der Waals surface area (Å²) < 4.78 is 66.8. The van der Waals surface area contributed by atoms with E-state index < -0.39 is 26.7 Å². The van der Waals surface area contributed by atoms with Crippen molar-refractivity contribution in [2.75, 3.05) is 6.54 Å². The molecule has 29 heavy (non-hydrogen) atoms. The van der Waals surface area contributed by atoms with Crippen LogP contribution in [-0.4, -0.2) is 29.2 Å². The van der Waals surface area contributed by atoms with Crippen molar-refractivity contribution in [1.29, 1.82) is 0 Å². The number of hydrogen-bond acceptors (Lipinski definition) is 4. The summed E-state index contributed by atoms with van der Waals surface area (Å²) >= 11 is 0. The molecule has 0 amide bonds. The molecule has 1 aliphatic heterocycles. The van der Waals surface area contributed by atoms with Gasteiger partial charge in [0.15, 0.2) is 5.82 Å². The monoisotopic (exact) mass is 419 g/mol. The van der Waals surface area contributed by atoms with Crippen LogP contribution in [0, 0.1) is 0 Å². The number of hydrogen-bond donors (Lipinski definition) is 0. The maximum absolute atomic E-state index is 13.3. The van der Waals surface area contributed by atoms with E-state index in [-0.39, 0.29) is 13.1 Å². The Morgan fingerprint density at radius 1 is 0.966 bits per heavy atom. The number of halogens is 3. The van der Waals surface area contributed by atoms with Gasteiger partial charge < -0.3 is 0 Å². The Morgan fingerprint density at radius 3 is 2.38 bits per heavy atom. The molecule has 0 unspecified atom stereocenters. The summed E-state index contributed by atoms with van der Waals surface area (Å²) in [5.74, 6) is 0.531. The van der Waals surface area contributed by atoms with E-state index in [1.54, 1.807) is 6.20 Å². The van der Waals surface area contributed by atoms with Crippen LogP contribution in [0.4, 0.5) is 13.2 Å². The lowest BCUT2D eigenvalue weighted by molar-refractivity contribution is -0.139. The average molecular weight is 419 g/mol. The zero-order valence-corrected chi connectivity index (χ0v) is 15.9. The highest BCUT2D eigenvalue weighted by molar-refractivity contribution is 7.89. The van der Waals surface area contributed by atoms with E-state index in [4.69, 9.17) is 0 Å². The van der Waals surface area contributed by atoms with Crippen molar-refractivity contribution in [3.05, 3.63) is 77.6 Å². The van der Waals surface area contributed by atoms with Gasteiger partial charge in [-0.2, -0.15) is 17.5 Å². The Kier molecular flexibility index (Phi) is 4.87. The molecule has 0 radical (unpaired) electrons. The number of aromatic nitrogens is 2. The maximum Gasteiger partial charge on any atom is 0.417 e. The number of benzene rings is 2. The van der Waals surface area contributed by atoms with E-state index in [1.807, 2.05) is 30.3 Å². The van der Waals surface area contributed by atoms with Gasteiger partial charge in [-0.05, 0) is 12.1 Å². The van der Waals surface area contributed by atoms with Gasteiger partial charge in [-0.1, -0.05) is 42.5 Å². The molecule has 5 nitrogen and oxygen atoms in total. The predicted molar refractivity (Wildman–Crippen MR) is 100 cm³/mol. The fraction of sp³-hybridized carbons (Fsp3) is 0.200. The highest BCUT2D eigenvalue weighted by atomic mass is 32.2. The molecular weight excluding hydrogens is 403 g/mol. The first kappa shape index (κ1) is 19.5. The van der Waals surface area contributed by atoms with E-state index >= 15 is 0 Å². The van der Waals surface area contributed by atoms with E-state index in [0.717, 1.165) is 22.0 Å². The summed E-state index contributed by atoms with van der Waals surface area (Å²) in [7, 11) is -4.32. The van der Waals surface area contributed by atoms with Crippen molar-refractivity contribution in [2.24, 2.45) is 0 Å². The number of sulfonamides is 1. The summed E-state index contributed by atoms with van der Waals surface area (Å²) in [6, 6.07) is 13.6. The second-order valence-corrected chi connectivity index (χ2v) is 8.52. The minimum atomic E-state index is -4.76. The largest absolute Gasteiger partial charge is 0.417 e. The van der Waals surface area contributed by atoms with Crippen molar-refractivity contribution >= 4 is 10.0 Å². The highest BCUT2D eigenvalue weighted by Crippen LogP contribution is 2.36. The summed E-state index contributed by atoms with van der Waals surface area (Å²) in [6.07, 6.45) is -2.92. The van der Waals surface area contributed by atoms with Crippen molar-refractivity contribution < 1.29 is 21.6 Å². The molecule has 0 spiro atoms. The van der Waals surface area contributed by atoms with E-state index in [1.165, 1.54) is 12.1 Å². The van der Waals surface area contributed by atoms with Crippen LogP contribution in [0.5, 0.6) is 0 Å². The minimum absolute atomic E-state index is 0.0484. The van der Waals surface area contributed by atoms with Crippen LogP contribution in [0.25, 0.3) is 11.4 Å². The number of alkyl halides is 3. The van der Waals surface area contributed by atoms with Crippen LogP contribution < -0.4 is 0 Å². The van der Waals surface area contributed by atoms with Gasteiger partial charge in [0.25, 0.3) is 0 Å². The Bertz CT molecular complexity index is 1150. The maximum atomic E-state index is 13.3. The SMILES string of the molecule is O=S(=O)(c1ccccc1C(F)(F)F)N1CCc2nc(-c3ccccc3)ncc2C1. The molecule has 1 aliphatic rings. The molecule has 0 N–H and O–H groups in total. The van der Waals surface area contributed by atoms with Crippen molar-refractivity contribution in [3.63, 3.8) is 0 Å². The van der Waals surface area contributed by atoms with E-state index in [2.05, 4.69) is 9.97 Å². The first-order valence-corrected chi connectivity index (χ1v) is 10.3. The molecule has 150 valence electrons. The molecule has 1 aromatic heterocycles. The summed E-state index contributed by atoms with van der Waals surface area (Å²) in [6.45, 7) is -0.0221. The molecule has 4 rings (SSSR count). The summed E-state index contributed by atoms with van der Waals surface area (Å²) in [5.41, 5.74) is 0.962. The van der Waals surface area contributed by atoms with Crippen LogP contribution in [0.3, 0.4) is 0 Å². The standard InChI is InChI=1S/C20H16F3N3O2S/c21-20(22,23)16-8-4-5-9-18(16)29(27,28)26-11-10-17-15(13-26)12-24-19(25-17)14-6-2-1-3-7-14/h1-9,12H,10-11,13H2. The number of fused-ring (bicyclic) bond motifs is 1. The zero-order valence-electron chi connectivity index (χ0n) is 15.1. The first-order valence-electron chi connectivity index (χ1n) is 8.83. The Hall–Kier alpha value is -2.78. The molecule has 0 atom stereocenters. The molecule has 3 aromatic rings. The van der Waals surface area contributed by atoms with Gasteiger partial charge in [0, 0.05) is 36.8 Å². The molecule has 0 bridgehead atoms. The third-order valence-electron chi connectivity index (χ3n) is 4.74. The van der Waals surface area contributed by atoms with Gasteiger partial charge in [-0.3, -0.25) is 0 Å². The van der Waals surface area contributed by atoms with Gasteiger partial charge in [-0.25, -0.2) is 18.4 Å². The minimum Gasteiger partial charge on any atom is -0.236 e. The van der Waals surface area contributed by atoms with Gasteiger partial charge in [0.1, 0.15) is 0 Å². The van der Waals surface area contributed by atoms with Crippen molar-refractivity contribution in [1.82, 2.24) is 14.3 Å². The molecule has 0 saturated heterocycles. The lowest BCUT2D eigenvalue weighted by Crippen LogP contribution is -2.37. The van der Waals surface area contributed by atoms with Crippen molar-refractivity contribution in [2.45, 2.75) is 24.0 Å². The first-order chi connectivity index (χ1) is 13.8. The topological polar surface area (TPSA) is 63.2 Å². The molecule has 2 heterocycles. The number of rotatable bonds is 3. The van der Waals surface area contributed by atoms with Crippen molar-refractivity contribution in [3.8, 4) is 11.4 Å². The lowest BCUT2D eigenvalue weighted by Gasteiger charge is -2.28. The Morgan fingerprint density at radius 2 is 1.66 bits per heavy atom. The Labute approximate surface area is 165 Å². The summed E-state index contributed by atoms with van der Waals surface area (Å²) in [5, 5.41) is 0. The molecular formula is C20H16F3N3O2S. The molecule has 9 heteroatoms. The van der Waals surface area contributed by atoms with Crippen LogP contribution in [0.1, 0.15) is 16.8 Å². The Balaban J connectivity index is 1.66. The molecule has 0 saturated carbocycles. The molecule has 0 fully saturated rings.